The van der Waals surface area contributed by atoms with E-state index >= 15 is 4.39 Å². The van der Waals surface area contributed by atoms with E-state index in [1.165, 1.54) is 12.1 Å². The van der Waals surface area contributed by atoms with Crippen LogP contribution in [0.2, 0.25) is 0 Å². The SMILES string of the molecule is Cc1nc(NC(C)c2cccc(C(F)(F)C(C)(C)O)c2F)c2cc3c(c(C)c2n1)N(C)C(=O)C3(C)C. The van der Waals surface area contributed by atoms with Gasteiger partial charge in [-0.3, -0.25) is 4.79 Å². The Morgan fingerprint density at radius 1 is 1.17 bits per heavy atom. The lowest BCUT2D eigenvalue weighted by Crippen LogP contribution is -2.41. The number of aliphatic hydroxyl groups is 1. The fraction of sp³-hybridized carbons (Fsp3) is 0.444. The fourth-order valence-corrected chi connectivity index (χ4v) is 4.92. The molecule has 1 aliphatic heterocycles. The van der Waals surface area contributed by atoms with Crippen molar-refractivity contribution < 1.29 is 23.1 Å². The molecule has 2 N–H and O–H groups in total. The van der Waals surface area contributed by atoms with Crippen LogP contribution in [0.15, 0.2) is 24.3 Å². The van der Waals surface area contributed by atoms with E-state index < -0.39 is 34.4 Å². The summed E-state index contributed by atoms with van der Waals surface area (Å²) in [4.78, 5) is 23.7. The second kappa shape index (κ2) is 8.16. The first-order chi connectivity index (χ1) is 16.5. The van der Waals surface area contributed by atoms with Crippen molar-refractivity contribution >= 4 is 28.3 Å². The number of rotatable bonds is 5. The number of carbonyl (C=O) groups excluding carboxylic acids is 1. The summed E-state index contributed by atoms with van der Waals surface area (Å²) in [7, 11) is 1.74. The summed E-state index contributed by atoms with van der Waals surface area (Å²) in [5.41, 5.74) is -0.948. The van der Waals surface area contributed by atoms with E-state index in [1.54, 1.807) is 25.8 Å². The van der Waals surface area contributed by atoms with E-state index in [4.69, 9.17) is 0 Å². The number of carbonyl (C=O) groups is 1. The lowest BCUT2D eigenvalue weighted by atomic mass is 9.84. The van der Waals surface area contributed by atoms with Crippen LogP contribution in [-0.2, 0) is 16.1 Å². The van der Waals surface area contributed by atoms with Crippen LogP contribution in [0.1, 0.15) is 68.7 Å². The molecule has 2 heterocycles. The molecular formula is C27H31F3N4O2. The molecule has 9 heteroatoms. The Hall–Kier alpha value is -3.20. The molecule has 1 amide bonds. The highest BCUT2D eigenvalue weighted by molar-refractivity contribution is 6.11. The Labute approximate surface area is 208 Å². The lowest BCUT2D eigenvalue weighted by Gasteiger charge is -2.30. The monoisotopic (exact) mass is 500 g/mol. The topological polar surface area (TPSA) is 78.4 Å². The number of amides is 1. The Morgan fingerprint density at radius 2 is 1.81 bits per heavy atom. The highest BCUT2D eigenvalue weighted by atomic mass is 19.3. The molecule has 36 heavy (non-hydrogen) atoms. The van der Waals surface area contributed by atoms with Gasteiger partial charge in [0.15, 0.2) is 0 Å². The largest absolute Gasteiger partial charge is 0.384 e. The quantitative estimate of drug-likeness (QED) is 0.472. The van der Waals surface area contributed by atoms with Crippen LogP contribution in [0.3, 0.4) is 0 Å². The zero-order valence-electron chi connectivity index (χ0n) is 21.7. The van der Waals surface area contributed by atoms with E-state index in [0.717, 1.165) is 36.7 Å². The number of anilines is 2. The van der Waals surface area contributed by atoms with Crippen molar-refractivity contribution in [2.24, 2.45) is 0 Å². The minimum atomic E-state index is -3.80. The van der Waals surface area contributed by atoms with Crippen LogP contribution in [-0.4, -0.2) is 33.6 Å². The number of halogens is 3. The first kappa shape index (κ1) is 25.9. The van der Waals surface area contributed by atoms with Gasteiger partial charge in [0.25, 0.3) is 0 Å². The van der Waals surface area contributed by atoms with Gasteiger partial charge in [-0.05, 0) is 71.7 Å². The predicted molar refractivity (Wildman–Crippen MR) is 134 cm³/mol. The number of fused-ring (bicyclic) bond motifs is 2. The normalized spacial score (nSPS) is 16.4. The third-order valence-corrected chi connectivity index (χ3v) is 7.11. The Kier molecular flexibility index (Phi) is 5.87. The molecule has 4 rings (SSSR count). The summed E-state index contributed by atoms with van der Waals surface area (Å²) < 4.78 is 45.0. The average Bonchev–Trinajstić information content (AvgIpc) is 2.94. The number of hydrogen-bond acceptors (Lipinski definition) is 5. The second-order valence-electron chi connectivity index (χ2n) is 10.6. The van der Waals surface area contributed by atoms with Gasteiger partial charge >= 0.3 is 5.92 Å². The highest BCUT2D eigenvalue weighted by Crippen LogP contribution is 2.46. The molecule has 1 aromatic heterocycles. The van der Waals surface area contributed by atoms with Crippen LogP contribution in [0.5, 0.6) is 0 Å². The second-order valence-corrected chi connectivity index (χ2v) is 10.6. The Morgan fingerprint density at radius 3 is 2.42 bits per heavy atom. The molecule has 1 atom stereocenters. The van der Waals surface area contributed by atoms with Gasteiger partial charge in [0.1, 0.15) is 23.1 Å². The van der Waals surface area contributed by atoms with Crippen LogP contribution < -0.4 is 10.2 Å². The molecule has 1 unspecified atom stereocenters. The number of likely N-dealkylation sites (N-methyl/N-ethyl adjacent to an activating group) is 1. The van der Waals surface area contributed by atoms with Crippen molar-refractivity contribution in [1.29, 1.82) is 0 Å². The maximum Gasteiger partial charge on any atom is 0.303 e. The predicted octanol–water partition coefficient (Wildman–Crippen LogP) is 5.68. The van der Waals surface area contributed by atoms with Crippen LogP contribution in [0.4, 0.5) is 24.7 Å². The van der Waals surface area contributed by atoms with Crippen molar-refractivity contribution in [2.75, 3.05) is 17.3 Å². The van der Waals surface area contributed by atoms with Crippen LogP contribution >= 0.6 is 0 Å². The fourth-order valence-electron chi connectivity index (χ4n) is 4.92. The summed E-state index contributed by atoms with van der Waals surface area (Å²) in [5, 5.41) is 13.8. The summed E-state index contributed by atoms with van der Waals surface area (Å²) in [5.74, 6) is -4.05. The number of benzene rings is 2. The molecule has 0 saturated carbocycles. The highest BCUT2D eigenvalue weighted by Gasteiger charge is 2.49. The van der Waals surface area contributed by atoms with Crippen molar-refractivity contribution in [3.05, 3.63) is 58.2 Å². The lowest BCUT2D eigenvalue weighted by molar-refractivity contribution is -0.170. The molecule has 1 aliphatic rings. The number of hydrogen-bond donors (Lipinski definition) is 2. The van der Waals surface area contributed by atoms with Crippen LogP contribution in [0, 0.1) is 19.7 Å². The average molecular weight is 501 g/mol. The number of aromatic nitrogens is 2. The Balaban J connectivity index is 1.84. The number of alkyl halides is 2. The van der Waals surface area contributed by atoms with Crippen molar-refractivity contribution in [1.82, 2.24) is 9.97 Å². The maximum atomic E-state index is 15.4. The number of nitrogens with one attached hydrogen (secondary N) is 1. The summed E-state index contributed by atoms with van der Waals surface area (Å²) in [6.45, 7) is 10.9. The zero-order chi connectivity index (χ0) is 27.0. The maximum absolute atomic E-state index is 15.4. The Bertz CT molecular complexity index is 1400. The number of aryl methyl sites for hydroxylation is 2. The smallest absolute Gasteiger partial charge is 0.303 e. The minimum absolute atomic E-state index is 0.00830. The van der Waals surface area contributed by atoms with Gasteiger partial charge in [-0.2, -0.15) is 8.78 Å². The van der Waals surface area contributed by atoms with Gasteiger partial charge in [0.2, 0.25) is 5.91 Å². The third kappa shape index (κ3) is 3.72. The molecule has 0 aliphatic carbocycles. The van der Waals surface area contributed by atoms with Crippen LogP contribution in [0.25, 0.3) is 10.9 Å². The van der Waals surface area contributed by atoms with Crippen molar-refractivity contribution in [3.63, 3.8) is 0 Å². The molecule has 0 spiro atoms. The van der Waals surface area contributed by atoms with Crippen molar-refractivity contribution in [3.8, 4) is 0 Å². The van der Waals surface area contributed by atoms with Gasteiger partial charge in [-0.1, -0.05) is 12.1 Å². The molecule has 0 radical (unpaired) electrons. The summed E-state index contributed by atoms with van der Waals surface area (Å²) >= 11 is 0. The first-order valence-electron chi connectivity index (χ1n) is 11.8. The van der Waals surface area contributed by atoms with Gasteiger partial charge in [0.05, 0.1) is 28.2 Å². The molecule has 192 valence electrons. The number of nitrogens with zero attached hydrogens (tertiary/aromatic N) is 3. The summed E-state index contributed by atoms with van der Waals surface area (Å²) in [6.07, 6.45) is 0. The first-order valence-corrected chi connectivity index (χ1v) is 11.8. The third-order valence-electron chi connectivity index (χ3n) is 7.11. The van der Waals surface area contributed by atoms with E-state index in [0.29, 0.717) is 22.5 Å². The van der Waals surface area contributed by atoms with Gasteiger partial charge < -0.3 is 15.3 Å². The van der Waals surface area contributed by atoms with Gasteiger partial charge in [-0.25, -0.2) is 14.4 Å². The van der Waals surface area contributed by atoms with Gasteiger partial charge in [-0.15, -0.1) is 0 Å². The molecular weight excluding hydrogens is 469 g/mol. The standard InChI is InChI=1S/C27H31F3N4O2/c1-13-21-17(12-19-22(13)34(8)24(35)25(19,4)5)23(33-15(3)32-21)31-14(2)16-10-9-11-18(20(16)28)27(29,30)26(6,7)36/h9-12,14,36H,1-8H3,(H,31,32,33). The van der Waals surface area contributed by atoms with E-state index in [2.05, 4.69) is 15.3 Å². The van der Waals surface area contributed by atoms with Gasteiger partial charge in [0, 0.05) is 18.0 Å². The molecule has 2 aromatic carbocycles. The molecule has 0 saturated heterocycles. The van der Waals surface area contributed by atoms with E-state index in [-0.39, 0.29) is 11.5 Å². The van der Waals surface area contributed by atoms with E-state index in [1.807, 2.05) is 26.8 Å². The zero-order valence-corrected chi connectivity index (χ0v) is 21.7. The minimum Gasteiger partial charge on any atom is -0.384 e. The van der Waals surface area contributed by atoms with Crippen molar-refractivity contribution in [2.45, 2.75) is 71.4 Å². The summed E-state index contributed by atoms with van der Waals surface area (Å²) in [6, 6.07) is 4.88. The molecule has 3 aromatic rings. The molecule has 0 bridgehead atoms. The molecule has 6 nitrogen and oxygen atoms in total. The molecule has 0 fully saturated rings. The van der Waals surface area contributed by atoms with E-state index in [9.17, 15) is 18.7 Å².